The Labute approximate surface area is 147 Å². The van der Waals surface area contributed by atoms with Crippen LogP contribution in [-0.4, -0.2) is 11.6 Å². The summed E-state index contributed by atoms with van der Waals surface area (Å²) >= 11 is 0. The zero-order chi connectivity index (χ0) is 18.8. The van der Waals surface area contributed by atoms with Gasteiger partial charge >= 0.3 is 6.61 Å². The minimum atomic E-state index is -3.14. The van der Waals surface area contributed by atoms with Gasteiger partial charge in [0.05, 0.1) is 17.0 Å². The van der Waals surface area contributed by atoms with Crippen molar-refractivity contribution in [2.45, 2.75) is 20.0 Å². The van der Waals surface area contributed by atoms with Crippen LogP contribution < -0.4 is 4.74 Å². The summed E-state index contributed by atoms with van der Waals surface area (Å²) in [5, 5.41) is 21.0. The number of aryl methyl sites for hydroxylation is 1. The molecule has 0 amide bonds. The smallest absolute Gasteiger partial charge is 0.388 e. The fourth-order valence-electron chi connectivity index (χ4n) is 2.79. The minimum Gasteiger partial charge on any atom is -0.417 e. The van der Waals surface area contributed by atoms with Crippen LogP contribution in [0.15, 0.2) is 36.4 Å². The maximum absolute atomic E-state index is 14.0. The molecule has 0 aliphatic carbocycles. The van der Waals surface area contributed by atoms with E-state index in [2.05, 4.69) is 9.72 Å². The van der Waals surface area contributed by atoms with Crippen molar-refractivity contribution >= 4 is 10.9 Å². The Bertz CT molecular complexity index is 1010. The molecule has 0 fully saturated rings. The second-order valence-electron chi connectivity index (χ2n) is 5.65. The van der Waals surface area contributed by atoms with E-state index in [1.807, 2.05) is 6.07 Å². The highest BCUT2D eigenvalue weighted by atomic mass is 19.3. The van der Waals surface area contributed by atoms with Gasteiger partial charge in [0.25, 0.3) is 0 Å². The summed E-state index contributed by atoms with van der Waals surface area (Å²) in [6.45, 7) is -1.60. The molecule has 4 nitrogen and oxygen atoms in total. The number of nitrogens with zero attached hydrogens (tertiary/aromatic N) is 2. The van der Waals surface area contributed by atoms with Gasteiger partial charge < -0.3 is 4.74 Å². The van der Waals surface area contributed by atoms with E-state index >= 15 is 0 Å². The first-order chi connectivity index (χ1) is 12.4. The lowest BCUT2D eigenvalue weighted by Crippen LogP contribution is -2.09. The van der Waals surface area contributed by atoms with Gasteiger partial charge in [0.1, 0.15) is 11.3 Å². The summed E-state index contributed by atoms with van der Waals surface area (Å²) < 4.78 is 44.1. The number of alkyl halides is 2. The number of hydrogen-bond donors (Lipinski definition) is 0. The normalized spacial score (nSPS) is 10.9. The maximum Gasteiger partial charge on any atom is 0.388 e. The molecule has 0 bridgehead atoms. The van der Waals surface area contributed by atoms with Crippen LogP contribution in [0.25, 0.3) is 10.9 Å². The minimum absolute atomic E-state index is 0.0373. The van der Waals surface area contributed by atoms with E-state index in [-0.39, 0.29) is 22.9 Å². The molecule has 3 rings (SSSR count). The fourth-order valence-corrected chi connectivity index (χ4v) is 2.79. The zero-order valence-corrected chi connectivity index (χ0v) is 13.6. The van der Waals surface area contributed by atoms with E-state index in [9.17, 15) is 18.3 Å². The number of pyridine rings is 1. The van der Waals surface area contributed by atoms with Gasteiger partial charge in [-0.15, -0.1) is 0 Å². The van der Waals surface area contributed by atoms with Crippen molar-refractivity contribution in [3.05, 3.63) is 64.5 Å². The van der Waals surface area contributed by atoms with Gasteiger partial charge in [-0.2, -0.15) is 14.0 Å². The third-order valence-corrected chi connectivity index (χ3v) is 4.05. The van der Waals surface area contributed by atoms with Crippen LogP contribution >= 0.6 is 0 Å². The molecule has 0 aliphatic heterocycles. The fraction of sp³-hybridized carbons (Fsp3) is 0.158. The summed E-state index contributed by atoms with van der Waals surface area (Å²) in [7, 11) is 0. The monoisotopic (exact) mass is 357 g/mol. The molecule has 0 N–H and O–H groups in total. The van der Waals surface area contributed by atoms with Crippen LogP contribution in [0, 0.1) is 24.1 Å². The van der Waals surface area contributed by atoms with E-state index in [1.54, 1.807) is 31.2 Å². The van der Waals surface area contributed by atoms with Crippen LogP contribution in [0.1, 0.15) is 22.3 Å². The summed E-state index contributed by atoms with van der Waals surface area (Å²) in [4.78, 5) is 3.84. The van der Waals surface area contributed by atoms with E-state index < -0.39 is 24.1 Å². The molecule has 0 aliphatic rings. The molecule has 7 heteroatoms. The van der Waals surface area contributed by atoms with Crippen molar-refractivity contribution in [3.8, 4) is 17.7 Å². The second-order valence-corrected chi connectivity index (χ2v) is 5.65. The Morgan fingerprint density at radius 1 is 1.19 bits per heavy atom. The Kier molecular flexibility index (Phi) is 4.67. The Morgan fingerprint density at radius 3 is 2.50 bits per heavy atom. The van der Waals surface area contributed by atoms with Gasteiger partial charge in [0.2, 0.25) is 5.88 Å². The first-order valence-electron chi connectivity index (χ1n) is 7.63. The SMILES string of the molecule is Cc1c(Cc2ccc(C#N)cc2)c(OC(F)F)nc2c(F)ccc([O])c12. The lowest BCUT2D eigenvalue weighted by Gasteiger charge is -2.15. The molecule has 1 aromatic heterocycles. The molecule has 0 spiro atoms. The van der Waals surface area contributed by atoms with Crippen molar-refractivity contribution in [2.24, 2.45) is 0 Å². The van der Waals surface area contributed by atoms with Gasteiger partial charge in [-0.05, 0) is 42.3 Å². The molecule has 3 aromatic rings. The number of hydrogen-bond acceptors (Lipinski definition) is 3. The van der Waals surface area contributed by atoms with E-state index in [4.69, 9.17) is 5.26 Å². The standard InChI is InChI=1S/C19H12F3N2O2/c1-10-13(8-11-2-4-12(9-23)5-3-11)18(26-19(21)22)24-17-14(20)6-7-15(25)16(10)17/h2-7,19H,8H2,1H3. The highest BCUT2D eigenvalue weighted by Crippen LogP contribution is 2.36. The van der Waals surface area contributed by atoms with Crippen molar-refractivity contribution < 1.29 is 23.0 Å². The Morgan fingerprint density at radius 2 is 1.88 bits per heavy atom. The van der Waals surface area contributed by atoms with Gasteiger partial charge in [-0.3, -0.25) is 5.11 Å². The molecule has 0 saturated carbocycles. The van der Waals surface area contributed by atoms with Crippen molar-refractivity contribution in [3.63, 3.8) is 0 Å². The molecule has 26 heavy (non-hydrogen) atoms. The largest absolute Gasteiger partial charge is 0.417 e. The van der Waals surface area contributed by atoms with Gasteiger partial charge in [0, 0.05) is 12.0 Å². The molecule has 131 valence electrons. The number of ether oxygens (including phenoxy) is 1. The lowest BCUT2D eigenvalue weighted by atomic mass is 9.97. The maximum atomic E-state index is 14.0. The molecule has 1 heterocycles. The van der Waals surface area contributed by atoms with Crippen molar-refractivity contribution in [1.29, 1.82) is 5.26 Å². The number of aromatic nitrogens is 1. The highest BCUT2D eigenvalue weighted by Gasteiger charge is 2.21. The van der Waals surface area contributed by atoms with Gasteiger partial charge in [-0.25, -0.2) is 9.37 Å². The third kappa shape index (κ3) is 3.26. The van der Waals surface area contributed by atoms with Gasteiger partial charge in [0.15, 0.2) is 5.75 Å². The van der Waals surface area contributed by atoms with E-state index in [0.29, 0.717) is 16.7 Å². The third-order valence-electron chi connectivity index (χ3n) is 4.05. The first-order valence-corrected chi connectivity index (χ1v) is 7.63. The highest BCUT2D eigenvalue weighted by molar-refractivity contribution is 5.90. The average Bonchev–Trinajstić information content (AvgIpc) is 2.61. The van der Waals surface area contributed by atoms with Crippen LogP contribution in [0.2, 0.25) is 0 Å². The predicted molar refractivity (Wildman–Crippen MR) is 87.2 cm³/mol. The second kappa shape index (κ2) is 6.92. The van der Waals surface area contributed by atoms with Gasteiger partial charge in [-0.1, -0.05) is 12.1 Å². The lowest BCUT2D eigenvalue weighted by molar-refractivity contribution is -0.0532. The van der Waals surface area contributed by atoms with Crippen LogP contribution in [0.3, 0.4) is 0 Å². The molecule has 0 unspecified atom stereocenters. The molecular formula is C19H12F3N2O2. The Hall–Kier alpha value is -3.27. The summed E-state index contributed by atoms with van der Waals surface area (Å²) in [5.74, 6) is -1.65. The van der Waals surface area contributed by atoms with Crippen LogP contribution in [0.5, 0.6) is 11.6 Å². The Balaban J connectivity index is 2.19. The van der Waals surface area contributed by atoms with E-state index in [1.165, 1.54) is 0 Å². The quantitative estimate of drug-likeness (QED) is 0.668. The van der Waals surface area contributed by atoms with Crippen molar-refractivity contribution in [2.75, 3.05) is 0 Å². The molecule has 1 radical (unpaired) electrons. The summed E-state index contributed by atoms with van der Waals surface area (Å²) in [6.07, 6.45) is 0.137. The summed E-state index contributed by atoms with van der Waals surface area (Å²) in [5.41, 5.74) is 1.46. The summed E-state index contributed by atoms with van der Waals surface area (Å²) in [6, 6.07) is 10.5. The number of rotatable bonds is 4. The number of benzene rings is 2. The van der Waals surface area contributed by atoms with Crippen LogP contribution in [0.4, 0.5) is 13.2 Å². The average molecular weight is 357 g/mol. The number of halogens is 3. The number of nitriles is 1. The van der Waals surface area contributed by atoms with Crippen molar-refractivity contribution in [1.82, 2.24) is 4.98 Å². The van der Waals surface area contributed by atoms with E-state index in [0.717, 1.165) is 12.1 Å². The molecular weight excluding hydrogens is 345 g/mol. The predicted octanol–water partition coefficient (Wildman–Crippen LogP) is 4.89. The number of fused-ring (bicyclic) bond motifs is 1. The van der Waals surface area contributed by atoms with Crippen LogP contribution in [-0.2, 0) is 11.5 Å². The first kappa shape index (κ1) is 17.5. The molecule has 0 atom stereocenters. The molecule has 0 saturated heterocycles. The zero-order valence-electron chi connectivity index (χ0n) is 13.6. The molecule has 2 aromatic carbocycles. The topological polar surface area (TPSA) is 65.8 Å².